The van der Waals surface area contributed by atoms with Crippen LogP contribution in [0, 0.1) is 5.41 Å². The number of carbonyl (C=O) groups excluding carboxylic acids is 3. The van der Waals surface area contributed by atoms with Crippen molar-refractivity contribution < 1.29 is 32.0 Å². The maximum atomic E-state index is 14.7. The molecule has 32 heavy (non-hydrogen) atoms. The Morgan fingerprint density at radius 3 is 2.34 bits per heavy atom. The molecule has 0 unspecified atom stereocenters. The van der Waals surface area contributed by atoms with Gasteiger partial charge < -0.3 is 14.6 Å². The van der Waals surface area contributed by atoms with E-state index in [2.05, 4.69) is 0 Å². The van der Waals surface area contributed by atoms with Crippen molar-refractivity contribution in [2.45, 2.75) is 83.0 Å². The molecule has 0 saturated heterocycles. The van der Waals surface area contributed by atoms with Crippen molar-refractivity contribution in [3.8, 4) is 0 Å². The number of nitrogens with zero attached hydrogens (tertiary/aromatic N) is 1. The lowest BCUT2D eigenvalue weighted by molar-refractivity contribution is -0.191. The van der Waals surface area contributed by atoms with E-state index in [9.17, 15) is 27.6 Å². The van der Waals surface area contributed by atoms with Gasteiger partial charge in [0.25, 0.3) is 11.8 Å². The minimum absolute atomic E-state index is 0.111. The Bertz CT molecular complexity index is 956. The van der Waals surface area contributed by atoms with Crippen LogP contribution in [0.5, 0.6) is 0 Å². The summed E-state index contributed by atoms with van der Waals surface area (Å²) in [4.78, 5) is 40.7. The fourth-order valence-electron chi connectivity index (χ4n) is 5.32. The van der Waals surface area contributed by atoms with Crippen LogP contribution in [0.15, 0.2) is 34.1 Å². The van der Waals surface area contributed by atoms with Crippen molar-refractivity contribution in [3.63, 3.8) is 0 Å². The minimum Gasteiger partial charge on any atom is -0.459 e. The van der Waals surface area contributed by atoms with Gasteiger partial charge in [0, 0.05) is 18.2 Å². The van der Waals surface area contributed by atoms with Crippen LogP contribution in [0.4, 0.5) is 13.2 Å². The standard InChI is InChI=1S/C23H27F3N2O4/c1-21(2)12-15-18(16(29)13-21)22(23(24,25)26,27-19(30)17-10-7-11-32-17)20(31)28(15)14-8-5-3-4-6-9-14/h7,10-11,14H,3-6,8-9,12-13H2,1-2H3,(H,27,30)/t22-/m1/s1. The average Bonchev–Trinajstić information content (AvgIpc) is 3.19. The van der Waals surface area contributed by atoms with Gasteiger partial charge in [0.15, 0.2) is 11.5 Å². The first-order chi connectivity index (χ1) is 15.0. The molecule has 1 N–H and O–H groups in total. The number of hydrogen-bond acceptors (Lipinski definition) is 4. The predicted octanol–water partition coefficient (Wildman–Crippen LogP) is 4.52. The van der Waals surface area contributed by atoms with Gasteiger partial charge in [0.1, 0.15) is 0 Å². The topological polar surface area (TPSA) is 79.6 Å². The monoisotopic (exact) mass is 452 g/mol. The van der Waals surface area contributed by atoms with Crippen LogP contribution in [0.3, 0.4) is 0 Å². The van der Waals surface area contributed by atoms with Crippen LogP contribution in [0.1, 0.15) is 75.8 Å². The molecule has 0 spiro atoms. The fraction of sp³-hybridized carbons (Fsp3) is 0.609. The van der Waals surface area contributed by atoms with Gasteiger partial charge in [0.05, 0.1) is 11.8 Å². The molecule has 1 atom stereocenters. The van der Waals surface area contributed by atoms with E-state index in [1.807, 2.05) is 5.32 Å². The molecule has 0 bridgehead atoms. The summed E-state index contributed by atoms with van der Waals surface area (Å²) in [5, 5.41) is 1.90. The molecule has 1 saturated carbocycles. The molecule has 1 aliphatic heterocycles. The number of nitrogens with one attached hydrogen (secondary N) is 1. The highest BCUT2D eigenvalue weighted by molar-refractivity contribution is 6.14. The van der Waals surface area contributed by atoms with Gasteiger partial charge in [-0.2, -0.15) is 13.2 Å². The van der Waals surface area contributed by atoms with E-state index in [4.69, 9.17) is 4.42 Å². The first kappa shape index (κ1) is 22.6. The molecule has 174 valence electrons. The van der Waals surface area contributed by atoms with E-state index < -0.39 is 46.3 Å². The number of furan rings is 1. The lowest BCUT2D eigenvalue weighted by Crippen LogP contribution is -2.66. The zero-order valence-electron chi connectivity index (χ0n) is 18.2. The van der Waals surface area contributed by atoms with Gasteiger partial charge in [-0.1, -0.05) is 39.5 Å². The summed E-state index contributed by atoms with van der Waals surface area (Å²) in [6.07, 6.45) is 0.610. The number of hydrogen-bond donors (Lipinski definition) is 1. The smallest absolute Gasteiger partial charge is 0.425 e. The van der Waals surface area contributed by atoms with E-state index in [1.165, 1.54) is 17.0 Å². The summed E-state index contributed by atoms with van der Waals surface area (Å²) < 4.78 is 49.2. The zero-order valence-corrected chi connectivity index (χ0v) is 18.2. The molecule has 1 aromatic heterocycles. The first-order valence-electron chi connectivity index (χ1n) is 11.0. The lowest BCUT2D eigenvalue weighted by atomic mass is 9.72. The minimum atomic E-state index is -5.20. The van der Waals surface area contributed by atoms with Gasteiger partial charge in [-0.3, -0.25) is 14.4 Å². The number of Topliss-reactive ketones (excluding diaryl/α,β-unsaturated/α-hetero) is 1. The molecule has 3 aliphatic rings. The quantitative estimate of drug-likeness (QED) is 0.684. The van der Waals surface area contributed by atoms with Gasteiger partial charge in [0.2, 0.25) is 5.54 Å². The van der Waals surface area contributed by atoms with E-state index in [1.54, 1.807) is 13.8 Å². The van der Waals surface area contributed by atoms with E-state index in [-0.39, 0.29) is 24.3 Å². The molecule has 6 nitrogen and oxygen atoms in total. The summed E-state index contributed by atoms with van der Waals surface area (Å²) in [6.45, 7) is 3.61. The van der Waals surface area contributed by atoms with Gasteiger partial charge in [-0.15, -0.1) is 0 Å². The van der Waals surface area contributed by atoms with Crippen LogP contribution in [0.25, 0.3) is 0 Å². The molecule has 4 rings (SSSR count). The molecule has 0 aromatic carbocycles. The second-order valence-electron chi connectivity index (χ2n) is 9.76. The Kier molecular flexibility index (Phi) is 5.49. The third kappa shape index (κ3) is 3.55. The van der Waals surface area contributed by atoms with Crippen molar-refractivity contribution >= 4 is 17.6 Å². The van der Waals surface area contributed by atoms with Crippen LogP contribution >= 0.6 is 0 Å². The summed E-state index contributed by atoms with van der Waals surface area (Å²) >= 11 is 0. The maximum Gasteiger partial charge on any atom is 0.425 e. The van der Waals surface area contributed by atoms with Crippen molar-refractivity contribution in [2.24, 2.45) is 5.41 Å². The van der Waals surface area contributed by atoms with Gasteiger partial charge >= 0.3 is 6.18 Å². The van der Waals surface area contributed by atoms with Crippen molar-refractivity contribution in [1.29, 1.82) is 0 Å². The SMILES string of the molecule is CC1(C)CC(=O)C2=C(C1)N(C1CCCCCC1)C(=O)[C@@]2(NC(=O)c1ccco1)C(F)(F)F. The normalized spacial score (nSPS) is 26.8. The van der Waals surface area contributed by atoms with Crippen molar-refractivity contribution in [3.05, 3.63) is 35.4 Å². The first-order valence-corrected chi connectivity index (χ1v) is 11.0. The van der Waals surface area contributed by atoms with Crippen LogP contribution in [-0.4, -0.2) is 40.3 Å². The lowest BCUT2D eigenvalue weighted by Gasteiger charge is -2.36. The third-order valence-electron chi connectivity index (χ3n) is 6.72. The van der Waals surface area contributed by atoms with Crippen LogP contribution in [-0.2, 0) is 9.59 Å². The van der Waals surface area contributed by atoms with Gasteiger partial charge in [-0.05, 0) is 36.8 Å². The Hall–Kier alpha value is -2.58. The van der Waals surface area contributed by atoms with Crippen LogP contribution in [0.2, 0.25) is 0 Å². The van der Waals surface area contributed by atoms with Crippen molar-refractivity contribution in [2.75, 3.05) is 0 Å². The molecular formula is C23H27F3N2O4. The molecule has 2 heterocycles. The summed E-state index contributed by atoms with van der Waals surface area (Å²) in [5.41, 5.74) is -4.52. The molecule has 1 aromatic rings. The molecule has 2 aliphatic carbocycles. The van der Waals surface area contributed by atoms with E-state index >= 15 is 0 Å². The fourth-order valence-corrected chi connectivity index (χ4v) is 5.32. The molecule has 0 radical (unpaired) electrons. The number of alkyl halides is 3. The number of amides is 2. The molecule has 2 amide bonds. The number of carbonyl (C=O) groups is 3. The number of ketones is 1. The number of rotatable bonds is 3. The molecule has 1 fully saturated rings. The van der Waals surface area contributed by atoms with Crippen molar-refractivity contribution in [1.82, 2.24) is 10.2 Å². The number of halogens is 3. The highest BCUT2D eigenvalue weighted by atomic mass is 19.4. The molecular weight excluding hydrogens is 425 g/mol. The third-order valence-corrected chi connectivity index (χ3v) is 6.72. The zero-order chi connectivity index (χ0) is 23.3. The Morgan fingerprint density at radius 2 is 1.78 bits per heavy atom. The average molecular weight is 452 g/mol. The highest BCUT2D eigenvalue weighted by Crippen LogP contribution is 2.53. The summed E-state index contributed by atoms with van der Waals surface area (Å²) in [6, 6.07) is 2.15. The van der Waals surface area contributed by atoms with Gasteiger partial charge in [-0.25, -0.2) is 0 Å². The molecule has 9 heteroatoms. The van der Waals surface area contributed by atoms with Crippen LogP contribution < -0.4 is 5.32 Å². The Balaban J connectivity index is 1.88. The summed E-state index contributed by atoms with van der Waals surface area (Å²) in [5.74, 6) is -3.58. The Morgan fingerprint density at radius 1 is 1.12 bits per heavy atom. The second kappa shape index (κ2) is 7.78. The second-order valence-corrected chi connectivity index (χ2v) is 9.76. The highest BCUT2D eigenvalue weighted by Gasteiger charge is 2.72. The Labute approximate surface area is 184 Å². The summed E-state index contributed by atoms with van der Waals surface area (Å²) in [7, 11) is 0. The maximum absolute atomic E-state index is 14.7. The van der Waals surface area contributed by atoms with E-state index in [0.29, 0.717) is 12.8 Å². The largest absolute Gasteiger partial charge is 0.459 e. The number of allylic oxidation sites excluding steroid dienone is 1. The van der Waals surface area contributed by atoms with E-state index in [0.717, 1.165) is 31.9 Å². The predicted molar refractivity (Wildman–Crippen MR) is 108 cm³/mol.